The number of benzene rings is 1. The molecule has 16 heavy (non-hydrogen) atoms. The first kappa shape index (κ1) is 15.1. The van der Waals surface area contributed by atoms with E-state index in [-0.39, 0.29) is 29.6 Å². The molecule has 0 unspecified atom stereocenters. The monoisotopic (exact) mass is 256 g/mol. The van der Waals surface area contributed by atoms with Crippen LogP contribution in [-0.2, 0) is 10.1 Å². The molecule has 0 radical (unpaired) electrons. The van der Waals surface area contributed by atoms with Crippen molar-refractivity contribution in [3.63, 3.8) is 0 Å². The zero-order valence-electron chi connectivity index (χ0n) is 8.08. The summed E-state index contributed by atoms with van der Waals surface area (Å²) in [5.41, 5.74) is 3.63. The van der Waals surface area contributed by atoms with Gasteiger partial charge in [-0.3, -0.25) is 10.1 Å². The number of phenols is 1. The Hall–Kier alpha value is -0.870. The summed E-state index contributed by atoms with van der Waals surface area (Å²) < 4.78 is 31.7. The van der Waals surface area contributed by atoms with Gasteiger partial charge < -0.3 is 15.4 Å². The molecule has 0 aliphatic rings. The Morgan fingerprint density at radius 1 is 1.38 bits per heavy atom. The molecular weight excluding hydrogens is 251 g/mol. The van der Waals surface area contributed by atoms with Gasteiger partial charge in [0.15, 0.2) is 0 Å². The Morgan fingerprint density at radius 2 is 1.88 bits per heavy atom. The Labute approximate surface area is 112 Å². The van der Waals surface area contributed by atoms with Gasteiger partial charge >= 0.3 is 35.2 Å². The van der Waals surface area contributed by atoms with Crippen LogP contribution in [0.5, 0.6) is 5.75 Å². The molecule has 0 heterocycles. The predicted molar refractivity (Wildman–Crippen MR) is 47.1 cm³/mol. The van der Waals surface area contributed by atoms with Gasteiger partial charge in [-0.15, -0.1) is 0 Å². The van der Waals surface area contributed by atoms with Gasteiger partial charge in [0.05, 0.1) is 15.5 Å². The van der Waals surface area contributed by atoms with Crippen LogP contribution in [0.15, 0.2) is 17.0 Å². The van der Waals surface area contributed by atoms with Crippen LogP contribution in [0.4, 0.5) is 11.4 Å². The fourth-order valence-electron chi connectivity index (χ4n) is 0.898. The van der Waals surface area contributed by atoms with E-state index in [2.05, 4.69) is 0 Å². The first-order chi connectivity index (χ1) is 6.73. The van der Waals surface area contributed by atoms with E-state index in [1.165, 1.54) is 0 Å². The third-order valence-electron chi connectivity index (χ3n) is 1.58. The van der Waals surface area contributed by atoms with Crippen molar-refractivity contribution < 1.29 is 52.6 Å². The van der Waals surface area contributed by atoms with Crippen LogP contribution in [-0.4, -0.2) is 23.0 Å². The maximum atomic E-state index is 10.6. The van der Waals surface area contributed by atoms with Gasteiger partial charge in [-0.05, 0) is 6.07 Å². The van der Waals surface area contributed by atoms with Gasteiger partial charge in [-0.25, -0.2) is 8.42 Å². The zero-order valence-corrected chi connectivity index (χ0v) is 10.9. The number of nitrogens with zero attached hydrogens (tertiary/aromatic N) is 1. The molecule has 0 atom stereocenters. The molecule has 1 rings (SSSR count). The molecule has 0 amide bonds. The van der Waals surface area contributed by atoms with Crippen molar-refractivity contribution in [2.24, 2.45) is 0 Å². The fraction of sp³-hybridized carbons (Fsp3) is 0. The summed E-state index contributed by atoms with van der Waals surface area (Å²) in [5.74, 6) is -0.868. The van der Waals surface area contributed by atoms with E-state index < -0.39 is 37.1 Å². The summed E-state index contributed by atoms with van der Waals surface area (Å²) in [6.07, 6.45) is 0. The van der Waals surface area contributed by atoms with Gasteiger partial charge in [0.25, 0.3) is 0 Å². The molecule has 0 fully saturated rings. The fourth-order valence-corrected chi connectivity index (χ4v) is 1.43. The van der Waals surface area contributed by atoms with Crippen molar-refractivity contribution in [3.05, 3.63) is 22.2 Å². The summed E-state index contributed by atoms with van der Waals surface area (Å²) in [6, 6.07) is 1.11. The summed E-state index contributed by atoms with van der Waals surface area (Å²) in [4.78, 5) is 8.45. The second kappa shape index (κ2) is 4.97. The van der Waals surface area contributed by atoms with E-state index in [9.17, 15) is 23.1 Å². The second-order valence-corrected chi connectivity index (χ2v) is 3.97. The Kier molecular flexibility index (Phi) is 4.70. The molecule has 0 spiro atoms. The van der Waals surface area contributed by atoms with E-state index in [1.54, 1.807) is 0 Å². The average molecular weight is 256 g/mol. The Morgan fingerprint density at radius 3 is 2.25 bits per heavy atom. The molecule has 3 N–H and O–H groups in total. The number of hydrogen-bond donors (Lipinski definition) is 2. The Balaban J connectivity index is 0.00000225. The molecule has 0 saturated carbocycles. The molecule has 0 aromatic heterocycles. The minimum Gasteiger partial charge on any atom is -0.744 e. The molecule has 8 nitrogen and oxygen atoms in total. The van der Waals surface area contributed by atoms with Crippen LogP contribution in [0.1, 0.15) is 0 Å². The van der Waals surface area contributed by atoms with Crippen molar-refractivity contribution in [2.45, 2.75) is 4.90 Å². The normalized spacial score (nSPS) is 10.6. The third kappa shape index (κ3) is 3.06. The van der Waals surface area contributed by atoms with Gasteiger partial charge in [-0.1, -0.05) is 0 Å². The summed E-state index contributed by atoms with van der Waals surface area (Å²) in [6.45, 7) is 0. The number of aromatic hydroxyl groups is 1. The zero-order chi connectivity index (χ0) is 11.8. The number of rotatable bonds is 2. The van der Waals surface area contributed by atoms with E-state index in [1.807, 2.05) is 0 Å². The van der Waals surface area contributed by atoms with Gasteiger partial charge in [0.2, 0.25) is 5.75 Å². The van der Waals surface area contributed by atoms with Crippen LogP contribution in [0.3, 0.4) is 0 Å². The van der Waals surface area contributed by atoms with Crippen molar-refractivity contribution in [1.82, 2.24) is 0 Å². The van der Waals surface area contributed by atoms with Crippen LogP contribution in [0, 0.1) is 10.1 Å². The van der Waals surface area contributed by atoms with Crippen LogP contribution < -0.4 is 35.3 Å². The number of nitrogen functional groups attached to an aromatic ring is 1. The van der Waals surface area contributed by atoms with E-state index in [0.717, 1.165) is 0 Å². The first-order valence-corrected chi connectivity index (χ1v) is 4.87. The Bertz CT molecular complexity index is 528. The number of phenolic OH excluding ortho intramolecular Hbond substituents is 1. The maximum absolute atomic E-state index is 10.6. The van der Waals surface area contributed by atoms with Crippen molar-refractivity contribution in [1.29, 1.82) is 0 Å². The third-order valence-corrected chi connectivity index (χ3v) is 2.39. The van der Waals surface area contributed by atoms with Gasteiger partial charge in [-0.2, -0.15) is 0 Å². The van der Waals surface area contributed by atoms with Crippen molar-refractivity contribution in [3.8, 4) is 5.75 Å². The molecule has 0 saturated heterocycles. The molecular formula is C6H5N2NaO6S. The molecule has 0 bridgehead atoms. The predicted octanol–water partition coefficient (Wildman–Crippen LogP) is -3.21. The number of nitro groups is 1. The van der Waals surface area contributed by atoms with Gasteiger partial charge in [0.1, 0.15) is 10.1 Å². The van der Waals surface area contributed by atoms with E-state index in [0.29, 0.717) is 12.1 Å². The van der Waals surface area contributed by atoms with Crippen molar-refractivity contribution >= 4 is 21.5 Å². The van der Waals surface area contributed by atoms with Crippen LogP contribution in [0.2, 0.25) is 0 Å². The molecule has 1 aromatic carbocycles. The molecule has 10 heteroatoms. The van der Waals surface area contributed by atoms with E-state index in [4.69, 9.17) is 10.8 Å². The number of nitro benzene ring substituents is 1. The van der Waals surface area contributed by atoms with Crippen molar-refractivity contribution in [2.75, 3.05) is 5.73 Å². The summed E-state index contributed by atoms with van der Waals surface area (Å²) in [7, 11) is -4.84. The molecule has 1 aromatic rings. The number of anilines is 1. The quantitative estimate of drug-likeness (QED) is 0.141. The molecule has 0 aliphatic carbocycles. The van der Waals surface area contributed by atoms with Crippen LogP contribution >= 0.6 is 0 Å². The van der Waals surface area contributed by atoms with E-state index >= 15 is 0 Å². The SMILES string of the molecule is Nc1cc(S(=O)(=O)[O-])cc([N+](=O)[O-])c1O.[Na+]. The smallest absolute Gasteiger partial charge is 0.744 e. The average Bonchev–Trinajstić information content (AvgIpc) is 2.06. The first-order valence-electron chi connectivity index (χ1n) is 3.46. The maximum Gasteiger partial charge on any atom is 1.00 e. The molecule has 82 valence electrons. The standard InChI is InChI=1S/C6H6N2O6S.Na/c7-4-1-3(15(12,13)14)2-5(6(4)9)8(10)11;/h1-2,9H,7H2,(H,12,13,14);/q;+1/p-1. The number of nitrogens with two attached hydrogens (primary N) is 1. The van der Waals surface area contributed by atoms with Crippen LogP contribution in [0.25, 0.3) is 0 Å². The topological polar surface area (TPSA) is 147 Å². The van der Waals surface area contributed by atoms with Gasteiger partial charge in [0, 0.05) is 6.07 Å². The summed E-state index contributed by atoms with van der Waals surface area (Å²) >= 11 is 0. The molecule has 0 aliphatic heterocycles. The largest absolute Gasteiger partial charge is 1.00 e. The summed E-state index contributed by atoms with van der Waals surface area (Å²) in [5, 5.41) is 19.4. The minimum absolute atomic E-state index is 0. The minimum atomic E-state index is -4.84. The second-order valence-electron chi connectivity index (χ2n) is 2.59. The number of hydrogen-bond acceptors (Lipinski definition) is 7.